The molecule has 4 heteroatoms. The Balaban J connectivity index is 0.00000400. The standard InChI is InChI=1S/C17H28N2O.ClH/c1-5-17(6-2,12-18)19-16(20)11-14(4)15-10-8-7-9-13(15)3;/h7-10,14H,5-6,11-12,18H2,1-4H3,(H,19,20);1H. The van der Waals surface area contributed by atoms with E-state index in [0.717, 1.165) is 12.8 Å². The lowest BCUT2D eigenvalue weighted by Crippen LogP contribution is -2.53. The molecular formula is C17H29ClN2O. The molecule has 0 saturated carbocycles. The first-order chi connectivity index (χ1) is 9.48. The van der Waals surface area contributed by atoms with Crippen molar-refractivity contribution in [1.29, 1.82) is 0 Å². The number of amides is 1. The van der Waals surface area contributed by atoms with Crippen molar-refractivity contribution in [2.24, 2.45) is 5.73 Å². The molecule has 1 amide bonds. The van der Waals surface area contributed by atoms with Gasteiger partial charge in [0.25, 0.3) is 0 Å². The lowest BCUT2D eigenvalue weighted by Gasteiger charge is -2.32. The van der Waals surface area contributed by atoms with Crippen LogP contribution in [0.5, 0.6) is 0 Å². The number of halogens is 1. The van der Waals surface area contributed by atoms with E-state index >= 15 is 0 Å². The van der Waals surface area contributed by atoms with Gasteiger partial charge in [0, 0.05) is 13.0 Å². The summed E-state index contributed by atoms with van der Waals surface area (Å²) < 4.78 is 0. The first-order valence-electron chi connectivity index (χ1n) is 7.54. The molecular weight excluding hydrogens is 284 g/mol. The molecule has 0 aliphatic rings. The van der Waals surface area contributed by atoms with E-state index in [1.54, 1.807) is 0 Å². The molecule has 21 heavy (non-hydrogen) atoms. The summed E-state index contributed by atoms with van der Waals surface area (Å²) in [4.78, 5) is 12.3. The summed E-state index contributed by atoms with van der Waals surface area (Å²) in [5.41, 5.74) is 8.07. The van der Waals surface area contributed by atoms with Crippen molar-refractivity contribution in [1.82, 2.24) is 5.32 Å². The zero-order valence-electron chi connectivity index (χ0n) is 13.6. The van der Waals surface area contributed by atoms with E-state index < -0.39 is 0 Å². The van der Waals surface area contributed by atoms with Crippen molar-refractivity contribution in [3.05, 3.63) is 35.4 Å². The van der Waals surface area contributed by atoms with Crippen LogP contribution in [0, 0.1) is 6.92 Å². The summed E-state index contributed by atoms with van der Waals surface area (Å²) in [7, 11) is 0. The first kappa shape index (κ1) is 19.9. The van der Waals surface area contributed by atoms with E-state index in [-0.39, 0.29) is 29.8 Å². The monoisotopic (exact) mass is 312 g/mol. The summed E-state index contributed by atoms with van der Waals surface area (Å²) in [6.07, 6.45) is 2.24. The SMILES string of the molecule is CCC(CC)(CN)NC(=O)CC(C)c1ccccc1C.Cl. The zero-order chi connectivity index (χ0) is 15.2. The maximum atomic E-state index is 12.3. The molecule has 0 radical (unpaired) electrons. The van der Waals surface area contributed by atoms with Crippen molar-refractivity contribution in [3.63, 3.8) is 0 Å². The van der Waals surface area contributed by atoms with Gasteiger partial charge in [0.15, 0.2) is 0 Å². The third-order valence-electron chi connectivity index (χ3n) is 4.36. The highest BCUT2D eigenvalue weighted by atomic mass is 35.5. The van der Waals surface area contributed by atoms with E-state index in [2.05, 4.69) is 45.1 Å². The third kappa shape index (κ3) is 5.33. The van der Waals surface area contributed by atoms with Gasteiger partial charge in [0.2, 0.25) is 5.91 Å². The van der Waals surface area contributed by atoms with E-state index in [9.17, 15) is 4.79 Å². The molecule has 0 fully saturated rings. The Morgan fingerprint density at radius 1 is 1.29 bits per heavy atom. The molecule has 1 unspecified atom stereocenters. The van der Waals surface area contributed by atoms with Gasteiger partial charge in [-0.1, -0.05) is 45.0 Å². The Kier molecular flexibility index (Phi) is 8.60. The molecule has 1 rings (SSSR count). The molecule has 0 spiro atoms. The van der Waals surface area contributed by atoms with Crippen LogP contribution in [0.4, 0.5) is 0 Å². The minimum absolute atomic E-state index is 0. The van der Waals surface area contributed by atoms with Crippen LogP contribution in [-0.4, -0.2) is 18.0 Å². The highest BCUT2D eigenvalue weighted by molar-refractivity contribution is 5.85. The Bertz CT molecular complexity index is 436. The van der Waals surface area contributed by atoms with Crippen molar-refractivity contribution < 1.29 is 4.79 Å². The van der Waals surface area contributed by atoms with Gasteiger partial charge in [-0.15, -0.1) is 12.4 Å². The van der Waals surface area contributed by atoms with Crippen molar-refractivity contribution in [3.8, 4) is 0 Å². The minimum atomic E-state index is -0.247. The molecule has 0 bridgehead atoms. The number of carbonyl (C=O) groups excluding carboxylic acids is 1. The van der Waals surface area contributed by atoms with Crippen LogP contribution in [0.15, 0.2) is 24.3 Å². The zero-order valence-corrected chi connectivity index (χ0v) is 14.4. The molecule has 3 nitrogen and oxygen atoms in total. The highest BCUT2D eigenvalue weighted by Gasteiger charge is 2.27. The van der Waals surface area contributed by atoms with Crippen LogP contribution in [0.1, 0.15) is 57.1 Å². The Hall–Kier alpha value is -1.06. The average Bonchev–Trinajstić information content (AvgIpc) is 2.45. The van der Waals surface area contributed by atoms with Crippen molar-refractivity contribution in [2.45, 2.75) is 58.4 Å². The molecule has 1 aromatic rings. The molecule has 1 aromatic carbocycles. The van der Waals surface area contributed by atoms with Crippen LogP contribution in [-0.2, 0) is 4.79 Å². The number of rotatable bonds is 7. The second kappa shape index (κ2) is 9.06. The maximum Gasteiger partial charge on any atom is 0.221 e. The predicted octanol–water partition coefficient (Wildman–Crippen LogP) is 3.54. The lowest BCUT2D eigenvalue weighted by molar-refractivity contribution is -0.123. The minimum Gasteiger partial charge on any atom is -0.349 e. The second-order valence-corrected chi connectivity index (χ2v) is 5.70. The second-order valence-electron chi connectivity index (χ2n) is 5.70. The number of hydrogen-bond acceptors (Lipinski definition) is 2. The Morgan fingerprint density at radius 3 is 2.33 bits per heavy atom. The Morgan fingerprint density at radius 2 is 1.86 bits per heavy atom. The number of nitrogens with two attached hydrogens (primary N) is 1. The van der Waals surface area contributed by atoms with Gasteiger partial charge in [-0.3, -0.25) is 4.79 Å². The summed E-state index contributed by atoms with van der Waals surface area (Å²) in [6.45, 7) is 8.82. The maximum absolute atomic E-state index is 12.3. The lowest BCUT2D eigenvalue weighted by atomic mass is 9.90. The summed E-state index contributed by atoms with van der Waals surface area (Å²) in [5, 5.41) is 3.14. The summed E-state index contributed by atoms with van der Waals surface area (Å²) in [5.74, 6) is 0.315. The van der Waals surface area contributed by atoms with Gasteiger partial charge >= 0.3 is 0 Å². The fourth-order valence-electron chi connectivity index (χ4n) is 2.64. The van der Waals surface area contributed by atoms with Crippen molar-refractivity contribution in [2.75, 3.05) is 6.54 Å². The molecule has 0 saturated heterocycles. The molecule has 0 heterocycles. The molecule has 0 aliphatic carbocycles. The molecule has 1 atom stereocenters. The summed E-state index contributed by atoms with van der Waals surface area (Å²) in [6, 6.07) is 8.24. The topological polar surface area (TPSA) is 55.1 Å². The number of carbonyl (C=O) groups is 1. The van der Waals surface area contributed by atoms with Gasteiger partial charge in [0.05, 0.1) is 5.54 Å². The van der Waals surface area contributed by atoms with Crippen LogP contribution in [0.2, 0.25) is 0 Å². The predicted molar refractivity (Wildman–Crippen MR) is 92.0 cm³/mol. The van der Waals surface area contributed by atoms with Crippen LogP contribution >= 0.6 is 12.4 Å². The van der Waals surface area contributed by atoms with E-state index in [4.69, 9.17) is 5.73 Å². The van der Waals surface area contributed by atoms with Gasteiger partial charge in [0.1, 0.15) is 0 Å². The first-order valence-corrected chi connectivity index (χ1v) is 7.54. The largest absolute Gasteiger partial charge is 0.349 e. The van der Waals surface area contributed by atoms with Crippen LogP contribution in [0.25, 0.3) is 0 Å². The van der Waals surface area contributed by atoms with E-state index in [1.807, 2.05) is 12.1 Å². The third-order valence-corrected chi connectivity index (χ3v) is 4.36. The van der Waals surface area contributed by atoms with E-state index in [1.165, 1.54) is 11.1 Å². The molecule has 0 aliphatic heterocycles. The average molecular weight is 313 g/mol. The number of hydrogen-bond donors (Lipinski definition) is 2. The van der Waals surface area contributed by atoms with Gasteiger partial charge in [-0.05, 0) is 36.8 Å². The van der Waals surface area contributed by atoms with Gasteiger partial charge < -0.3 is 11.1 Å². The van der Waals surface area contributed by atoms with Gasteiger partial charge in [-0.25, -0.2) is 0 Å². The fraction of sp³-hybridized carbons (Fsp3) is 0.588. The smallest absolute Gasteiger partial charge is 0.221 e. The number of nitrogens with one attached hydrogen (secondary N) is 1. The van der Waals surface area contributed by atoms with Crippen molar-refractivity contribution >= 4 is 18.3 Å². The normalized spacial score (nSPS) is 12.4. The highest BCUT2D eigenvalue weighted by Crippen LogP contribution is 2.23. The van der Waals surface area contributed by atoms with E-state index in [0.29, 0.717) is 13.0 Å². The van der Waals surface area contributed by atoms with Gasteiger partial charge in [-0.2, -0.15) is 0 Å². The quantitative estimate of drug-likeness (QED) is 0.809. The molecule has 3 N–H and O–H groups in total. The number of aryl methyl sites for hydroxylation is 1. The fourth-order valence-corrected chi connectivity index (χ4v) is 2.64. The summed E-state index contributed by atoms with van der Waals surface area (Å²) >= 11 is 0. The Labute approximate surface area is 135 Å². The van der Waals surface area contributed by atoms with Crippen LogP contribution in [0.3, 0.4) is 0 Å². The molecule has 120 valence electrons. The number of benzene rings is 1. The molecule has 0 aromatic heterocycles. The van der Waals surface area contributed by atoms with Crippen LogP contribution < -0.4 is 11.1 Å².